The van der Waals surface area contributed by atoms with Crippen molar-refractivity contribution >= 4 is 45.7 Å². The summed E-state index contributed by atoms with van der Waals surface area (Å²) in [6.45, 7) is 8.01. The molecule has 1 amide bonds. The fourth-order valence-electron chi connectivity index (χ4n) is 4.16. The van der Waals surface area contributed by atoms with Crippen LogP contribution in [0.3, 0.4) is 0 Å². The molecular weight excluding hydrogens is 470 g/mol. The van der Waals surface area contributed by atoms with E-state index in [-0.39, 0.29) is 10.4 Å². The molecule has 0 atom stereocenters. The van der Waals surface area contributed by atoms with Gasteiger partial charge in [-0.1, -0.05) is 67.9 Å². The average Bonchev–Trinajstić information content (AvgIpc) is 3.29. The molecule has 0 aliphatic heterocycles. The minimum absolute atomic E-state index is 0.230. The van der Waals surface area contributed by atoms with E-state index in [9.17, 15) is 4.79 Å². The topological polar surface area (TPSA) is 70.7 Å². The van der Waals surface area contributed by atoms with Gasteiger partial charge in [0.2, 0.25) is 0 Å². The van der Waals surface area contributed by atoms with Gasteiger partial charge in [0.25, 0.3) is 5.91 Å². The Morgan fingerprint density at radius 2 is 2.00 bits per heavy atom. The summed E-state index contributed by atoms with van der Waals surface area (Å²) in [5, 5.41) is 4.48. The van der Waals surface area contributed by atoms with Gasteiger partial charge >= 0.3 is 5.95 Å². The number of hydrogen-bond acceptors (Lipinski definition) is 3. The van der Waals surface area contributed by atoms with Gasteiger partial charge in [0, 0.05) is 45.6 Å². The minimum Gasteiger partial charge on any atom is -0.360 e. The number of hydrogen-bond donors (Lipinski definition) is 2. The third-order valence-electron chi connectivity index (χ3n) is 6.21. The standard InChI is InChI=1S/C29H30ClN5O/c1-6-7-8-11-20(3)28(36)33-21-15-14-19(2)26(16-21)35(4,5)29-32-18-24(30)27(34-29)23-17-31-25-13-10-9-12-22(23)25/h8-18H,3,6-7H2,1-2,4-5H3,(H-,31,32,33,34,36)/p+1. The summed E-state index contributed by atoms with van der Waals surface area (Å²) < 4.78 is 0.263. The van der Waals surface area contributed by atoms with E-state index >= 15 is 0 Å². The Hall–Kier alpha value is -3.74. The Balaban J connectivity index is 1.68. The fourth-order valence-corrected chi connectivity index (χ4v) is 4.35. The van der Waals surface area contributed by atoms with Gasteiger partial charge in [0.05, 0.1) is 25.3 Å². The quantitative estimate of drug-likeness (QED) is 0.151. The molecule has 0 radical (unpaired) electrons. The lowest BCUT2D eigenvalue weighted by atomic mass is 10.1. The number of anilines is 1. The van der Waals surface area contributed by atoms with E-state index in [1.807, 2.05) is 75.8 Å². The Morgan fingerprint density at radius 3 is 2.78 bits per heavy atom. The molecule has 4 aromatic rings. The first-order valence-corrected chi connectivity index (χ1v) is 12.3. The normalized spacial score (nSPS) is 11.8. The number of quaternary nitrogens is 1. The number of aromatic amines is 1. The average molecular weight is 501 g/mol. The third kappa shape index (κ3) is 5.10. The Bertz CT molecular complexity index is 1470. The molecule has 184 valence electrons. The van der Waals surface area contributed by atoms with Crippen molar-refractivity contribution in [2.24, 2.45) is 0 Å². The number of unbranched alkanes of at least 4 members (excludes halogenated alkanes) is 1. The maximum atomic E-state index is 12.6. The molecule has 2 heterocycles. The van der Waals surface area contributed by atoms with Crippen molar-refractivity contribution < 1.29 is 4.79 Å². The molecule has 2 N–H and O–H groups in total. The van der Waals surface area contributed by atoms with Gasteiger partial charge in [-0.3, -0.25) is 4.79 Å². The highest BCUT2D eigenvalue weighted by Crippen LogP contribution is 2.37. The van der Waals surface area contributed by atoms with E-state index < -0.39 is 0 Å². The largest absolute Gasteiger partial charge is 0.360 e. The molecule has 6 nitrogen and oxygen atoms in total. The van der Waals surface area contributed by atoms with Crippen LogP contribution in [0.1, 0.15) is 25.3 Å². The zero-order valence-corrected chi connectivity index (χ0v) is 21.9. The van der Waals surface area contributed by atoms with Crippen molar-refractivity contribution in [1.82, 2.24) is 19.4 Å². The maximum Gasteiger partial charge on any atom is 0.334 e. The second-order valence-electron chi connectivity index (χ2n) is 9.24. The van der Waals surface area contributed by atoms with Crippen molar-refractivity contribution in [2.75, 3.05) is 19.4 Å². The maximum absolute atomic E-state index is 12.6. The highest BCUT2D eigenvalue weighted by Gasteiger charge is 2.30. The van der Waals surface area contributed by atoms with Crippen LogP contribution in [-0.2, 0) is 4.79 Å². The van der Waals surface area contributed by atoms with Gasteiger partial charge < -0.3 is 10.3 Å². The van der Waals surface area contributed by atoms with Crippen LogP contribution in [0.5, 0.6) is 0 Å². The molecule has 0 unspecified atom stereocenters. The van der Waals surface area contributed by atoms with E-state index in [4.69, 9.17) is 16.6 Å². The summed E-state index contributed by atoms with van der Waals surface area (Å²) in [7, 11) is 4.03. The van der Waals surface area contributed by atoms with Gasteiger partial charge in [0.1, 0.15) is 11.4 Å². The number of carbonyl (C=O) groups is 1. The number of H-pyrrole nitrogens is 1. The second kappa shape index (κ2) is 10.5. The van der Waals surface area contributed by atoms with Crippen LogP contribution in [-0.4, -0.2) is 35.0 Å². The molecule has 0 spiro atoms. The number of fused-ring (bicyclic) bond motifs is 1. The lowest BCUT2D eigenvalue weighted by Crippen LogP contribution is -2.37. The van der Waals surface area contributed by atoms with Gasteiger partial charge in [-0.05, 0) is 25.5 Å². The molecule has 36 heavy (non-hydrogen) atoms. The first-order valence-electron chi connectivity index (χ1n) is 11.9. The van der Waals surface area contributed by atoms with Crippen molar-refractivity contribution in [3.63, 3.8) is 0 Å². The summed E-state index contributed by atoms with van der Waals surface area (Å²) in [5.41, 5.74) is 5.71. The molecule has 0 saturated carbocycles. The number of carbonyl (C=O) groups excluding carboxylic acids is 1. The van der Waals surface area contributed by atoms with Gasteiger partial charge in [-0.25, -0.2) is 4.48 Å². The predicted octanol–water partition coefficient (Wildman–Crippen LogP) is 7.34. The second-order valence-corrected chi connectivity index (χ2v) is 9.65. The van der Waals surface area contributed by atoms with Crippen LogP contribution >= 0.6 is 11.6 Å². The summed E-state index contributed by atoms with van der Waals surface area (Å²) in [6.07, 6.45) is 9.23. The molecule has 0 aliphatic carbocycles. The number of aromatic nitrogens is 3. The van der Waals surface area contributed by atoms with Crippen LogP contribution < -0.4 is 9.80 Å². The number of para-hydroxylation sites is 1. The van der Waals surface area contributed by atoms with Crippen LogP contribution in [0, 0.1) is 6.92 Å². The number of amides is 1. The van der Waals surface area contributed by atoms with E-state index in [1.165, 1.54) is 0 Å². The highest BCUT2D eigenvalue weighted by molar-refractivity contribution is 6.33. The van der Waals surface area contributed by atoms with Crippen molar-refractivity contribution in [3.05, 3.63) is 89.7 Å². The van der Waals surface area contributed by atoms with Gasteiger partial charge in [-0.2, -0.15) is 9.97 Å². The molecule has 2 aromatic heterocycles. The minimum atomic E-state index is -0.230. The lowest BCUT2D eigenvalue weighted by molar-refractivity contribution is -0.112. The van der Waals surface area contributed by atoms with Crippen molar-refractivity contribution in [3.8, 4) is 11.3 Å². The van der Waals surface area contributed by atoms with E-state index in [1.54, 1.807) is 12.3 Å². The molecule has 0 fully saturated rings. The molecular formula is C29H31ClN5O+. The van der Waals surface area contributed by atoms with Crippen molar-refractivity contribution in [2.45, 2.75) is 26.7 Å². The zero-order valence-electron chi connectivity index (χ0n) is 21.1. The summed E-state index contributed by atoms with van der Waals surface area (Å²) in [5.74, 6) is 0.352. The predicted molar refractivity (Wildman–Crippen MR) is 151 cm³/mol. The van der Waals surface area contributed by atoms with Crippen LogP contribution in [0.25, 0.3) is 22.2 Å². The van der Waals surface area contributed by atoms with Crippen LogP contribution in [0.2, 0.25) is 5.02 Å². The Kier molecular flexibility index (Phi) is 7.38. The number of allylic oxidation sites excluding steroid dienone is 1. The molecule has 7 heteroatoms. The first kappa shape index (κ1) is 25.4. The lowest BCUT2D eigenvalue weighted by Gasteiger charge is -2.28. The number of benzene rings is 2. The smallest absolute Gasteiger partial charge is 0.334 e. The molecule has 0 bridgehead atoms. The number of rotatable bonds is 8. The van der Waals surface area contributed by atoms with Crippen LogP contribution in [0.4, 0.5) is 17.3 Å². The van der Waals surface area contributed by atoms with Crippen LogP contribution in [0.15, 0.2) is 79.2 Å². The Labute approximate surface area is 216 Å². The molecule has 0 aliphatic rings. The zero-order chi connectivity index (χ0) is 25.9. The fraction of sp³-hybridized carbons (Fsp3) is 0.207. The number of aryl methyl sites for hydroxylation is 1. The Morgan fingerprint density at radius 1 is 1.22 bits per heavy atom. The molecule has 2 aromatic carbocycles. The molecule has 0 saturated heterocycles. The summed E-state index contributed by atoms with van der Waals surface area (Å²) in [6, 6.07) is 13.9. The monoisotopic (exact) mass is 500 g/mol. The third-order valence-corrected chi connectivity index (χ3v) is 6.49. The summed E-state index contributed by atoms with van der Waals surface area (Å²) in [4.78, 5) is 25.4. The van der Waals surface area contributed by atoms with Crippen molar-refractivity contribution in [1.29, 1.82) is 0 Å². The first-order chi connectivity index (χ1) is 17.2. The van der Waals surface area contributed by atoms with E-state index in [0.717, 1.165) is 40.6 Å². The number of nitrogens with one attached hydrogen (secondary N) is 2. The van der Waals surface area contributed by atoms with E-state index in [0.29, 0.717) is 27.9 Å². The SMILES string of the molecule is C=C(C=CCCC)C(=O)Nc1ccc(C)c([N+](C)(C)c2ncc(Cl)c(-c3c[nH]c4ccccc34)n2)c1. The molecule has 4 rings (SSSR count). The van der Waals surface area contributed by atoms with E-state index in [2.05, 4.69) is 28.8 Å². The number of nitrogens with zero attached hydrogens (tertiary/aromatic N) is 3. The highest BCUT2D eigenvalue weighted by atomic mass is 35.5. The summed E-state index contributed by atoms with van der Waals surface area (Å²) >= 11 is 6.57. The van der Waals surface area contributed by atoms with Gasteiger partial charge in [0.15, 0.2) is 0 Å². The van der Waals surface area contributed by atoms with Gasteiger partial charge in [-0.15, -0.1) is 0 Å². The number of halogens is 1.